The lowest BCUT2D eigenvalue weighted by Crippen LogP contribution is -2.40. The van der Waals surface area contributed by atoms with Gasteiger partial charge in [-0.3, -0.25) is 4.79 Å². The molecule has 3 heterocycles. The summed E-state index contributed by atoms with van der Waals surface area (Å²) in [5, 5.41) is 17.6. The van der Waals surface area contributed by atoms with E-state index in [1.54, 1.807) is 12.1 Å². The molecule has 3 rings (SSSR count). The Labute approximate surface area is 136 Å². The standard InChI is InChI=1S/C16H15NO3S2/c1-11-8-12(22-9-11)15(18)17-10-16(19,13-4-2-6-20-13)14-5-3-7-21-14/h2-9,19H,10H2,1H3,(H,17,18). The van der Waals surface area contributed by atoms with Gasteiger partial charge in [0.25, 0.3) is 5.91 Å². The van der Waals surface area contributed by atoms with Crippen molar-refractivity contribution in [3.05, 3.63) is 68.4 Å². The second kappa shape index (κ2) is 6.08. The first-order chi connectivity index (χ1) is 10.6. The number of amides is 1. The molecule has 0 radical (unpaired) electrons. The number of hydrogen-bond donors (Lipinski definition) is 2. The zero-order chi connectivity index (χ0) is 15.6. The van der Waals surface area contributed by atoms with Gasteiger partial charge >= 0.3 is 0 Å². The maximum Gasteiger partial charge on any atom is 0.261 e. The van der Waals surface area contributed by atoms with Gasteiger partial charge in [-0.05, 0) is 47.5 Å². The van der Waals surface area contributed by atoms with Crippen molar-refractivity contribution < 1.29 is 14.3 Å². The Bertz CT molecular complexity index is 710. The summed E-state index contributed by atoms with van der Waals surface area (Å²) in [5.74, 6) is 0.220. The molecule has 1 atom stereocenters. The van der Waals surface area contributed by atoms with Crippen LogP contribution in [0.2, 0.25) is 0 Å². The Morgan fingerprint density at radius 2 is 2.23 bits per heavy atom. The molecule has 1 amide bonds. The van der Waals surface area contributed by atoms with Gasteiger partial charge in [-0.1, -0.05) is 6.07 Å². The van der Waals surface area contributed by atoms with E-state index in [1.807, 2.05) is 35.9 Å². The van der Waals surface area contributed by atoms with E-state index < -0.39 is 5.60 Å². The Hall–Kier alpha value is -1.89. The minimum Gasteiger partial charge on any atom is -0.466 e. The number of rotatable bonds is 5. The van der Waals surface area contributed by atoms with Gasteiger partial charge in [0, 0.05) is 4.88 Å². The number of furan rings is 1. The molecule has 3 aromatic heterocycles. The molecular formula is C16H15NO3S2. The second-order valence-corrected chi connectivity index (χ2v) is 6.84. The van der Waals surface area contributed by atoms with Gasteiger partial charge in [0.15, 0.2) is 5.60 Å². The first-order valence-electron chi connectivity index (χ1n) is 6.73. The average molecular weight is 333 g/mol. The third-order valence-electron chi connectivity index (χ3n) is 3.32. The highest BCUT2D eigenvalue weighted by atomic mass is 32.1. The van der Waals surface area contributed by atoms with Crippen LogP contribution in [0.25, 0.3) is 0 Å². The minimum absolute atomic E-state index is 0.0524. The summed E-state index contributed by atoms with van der Waals surface area (Å²) in [4.78, 5) is 13.6. The Morgan fingerprint density at radius 1 is 1.36 bits per heavy atom. The van der Waals surface area contributed by atoms with Gasteiger partial charge in [0.1, 0.15) is 5.76 Å². The summed E-state index contributed by atoms with van der Waals surface area (Å²) >= 11 is 2.81. The van der Waals surface area contributed by atoms with E-state index in [-0.39, 0.29) is 12.5 Å². The number of hydrogen-bond acceptors (Lipinski definition) is 5. The number of aryl methyl sites for hydroxylation is 1. The highest BCUT2D eigenvalue weighted by molar-refractivity contribution is 7.12. The van der Waals surface area contributed by atoms with Crippen LogP contribution in [0, 0.1) is 6.92 Å². The molecule has 3 aromatic rings. The minimum atomic E-state index is -1.36. The van der Waals surface area contributed by atoms with E-state index in [2.05, 4.69) is 5.32 Å². The van der Waals surface area contributed by atoms with Crippen molar-refractivity contribution in [1.29, 1.82) is 0 Å². The van der Waals surface area contributed by atoms with E-state index in [0.717, 1.165) is 10.4 Å². The Kier molecular flexibility index (Phi) is 4.15. The monoisotopic (exact) mass is 333 g/mol. The van der Waals surface area contributed by atoms with Crippen LogP contribution >= 0.6 is 22.7 Å². The lowest BCUT2D eigenvalue weighted by atomic mass is 9.98. The van der Waals surface area contributed by atoms with Gasteiger partial charge < -0.3 is 14.8 Å². The second-order valence-electron chi connectivity index (χ2n) is 4.99. The van der Waals surface area contributed by atoms with Crippen LogP contribution in [0.4, 0.5) is 0 Å². The van der Waals surface area contributed by atoms with Crippen LogP contribution in [0.3, 0.4) is 0 Å². The third kappa shape index (κ3) is 2.85. The quantitative estimate of drug-likeness (QED) is 0.752. The van der Waals surface area contributed by atoms with Crippen molar-refractivity contribution in [1.82, 2.24) is 5.32 Å². The smallest absolute Gasteiger partial charge is 0.261 e. The molecule has 0 saturated carbocycles. The summed E-state index contributed by atoms with van der Waals surface area (Å²) < 4.78 is 5.37. The fraction of sp³-hybridized carbons (Fsp3) is 0.188. The van der Waals surface area contributed by atoms with Crippen LogP contribution < -0.4 is 5.32 Å². The average Bonchev–Trinajstić information content (AvgIpc) is 3.24. The highest BCUT2D eigenvalue weighted by Crippen LogP contribution is 2.32. The van der Waals surface area contributed by atoms with Gasteiger partial charge in [0.05, 0.1) is 17.7 Å². The maximum absolute atomic E-state index is 12.2. The molecule has 0 aliphatic heterocycles. The maximum atomic E-state index is 12.2. The molecule has 1 unspecified atom stereocenters. The molecule has 0 saturated heterocycles. The highest BCUT2D eigenvalue weighted by Gasteiger charge is 2.36. The fourth-order valence-corrected chi connectivity index (χ4v) is 3.81. The lowest BCUT2D eigenvalue weighted by molar-refractivity contribution is 0.0555. The van der Waals surface area contributed by atoms with Gasteiger partial charge in [-0.25, -0.2) is 0 Å². The molecular weight excluding hydrogens is 318 g/mol. The van der Waals surface area contributed by atoms with E-state index >= 15 is 0 Å². The van der Waals surface area contributed by atoms with Gasteiger partial charge in [0.2, 0.25) is 0 Å². The van der Waals surface area contributed by atoms with E-state index in [9.17, 15) is 9.90 Å². The molecule has 0 aliphatic carbocycles. The predicted octanol–water partition coefficient (Wildman–Crippen LogP) is 3.38. The van der Waals surface area contributed by atoms with Crippen molar-refractivity contribution in [2.45, 2.75) is 12.5 Å². The van der Waals surface area contributed by atoms with Crippen molar-refractivity contribution in [3.8, 4) is 0 Å². The molecule has 22 heavy (non-hydrogen) atoms. The van der Waals surface area contributed by atoms with E-state index in [1.165, 1.54) is 28.9 Å². The molecule has 6 heteroatoms. The summed E-state index contributed by atoms with van der Waals surface area (Å²) in [5.41, 5.74) is -0.311. The third-order valence-corrected chi connectivity index (χ3v) is 5.38. The zero-order valence-corrected chi connectivity index (χ0v) is 13.5. The molecule has 0 aromatic carbocycles. The zero-order valence-electron chi connectivity index (χ0n) is 11.9. The molecule has 0 aliphatic rings. The molecule has 0 bridgehead atoms. The van der Waals surface area contributed by atoms with Crippen LogP contribution in [0.15, 0.2) is 51.8 Å². The summed E-state index contributed by atoms with van der Waals surface area (Å²) in [6.07, 6.45) is 1.51. The fourth-order valence-electron chi connectivity index (χ4n) is 2.17. The van der Waals surface area contributed by atoms with Crippen LogP contribution in [0.5, 0.6) is 0 Å². The van der Waals surface area contributed by atoms with Crippen molar-refractivity contribution in [3.63, 3.8) is 0 Å². The van der Waals surface area contributed by atoms with Crippen molar-refractivity contribution in [2.24, 2.45) is 0 Å². The summed E-state index contributed by atoms with van der Waals surface area (Å²) in [7, 11) is 0. The molecule has 4 nitrogen and oxygen atoms in total. The number of carbonyl (C=O) groups excluding carboxylic acids is 1. The largest absolute Gasteiger partial charge is 0.466 e. The van der Waals surface area contributed by atoms with Gasteiger partial charge in [-0.2, -0.15) is 0 Å². The summed E-state index contributed by atoms with van der Waals surface area (Å²) in [6, 6.07) is 8.95. The molecule has 0 fully saturated rings. The molecule has 2 N–H and O–H groups in total. The Morgan fingerprint density at radius 3 is 2.82 bits per heavy atom. The molecule has 114 valence electrons. The van der Waals surface area contributed by atoms with Crippen LogP contribution in [-0.2, 0) is 5.60 Å². The first kappa shape index (κ1) is 15.0. The van der Waals surface area contributed by atoms with Crippen molar-refractivity contribution in [2.75, 3.05) is 6.54 Å². The number of thiophene rings is 2. The normalized spacial score (nSPS) is 13.7. The SMILES string of the molecule is Cc1csc(C(=O)NCC(O)(c2ccco2)c2cccs2)c1. The topological polar surface area (TPSA) is 62.5 Å². The van der Waals surface area contributed by atoms with Crippen molar-refractivity contribution >= 4 is 28.6 Å². The first-order valence-corrected chi connectivity index (χ1v) is 8.49. The van der Waals surface area contributed by atoms with E-state index in [0.29, 0.717) is 10.6 Å². The number of aliphatic hydroxyl groups is 1. The summed E-state index contributed by atoms with van der Waals surface area (Å²) in [6.45, 7) is 1.99. The number of nitrogens with one attached hydrogen (secondary N) is 1. The predicted molar refractivity (Wildman–Crippen MR) is 87.4 cm³/mol. The Balaban J connectivity index is 1.81. The lowest BCUT2D eigenvalue weighted by Gasteiger charge is -2.25. The molecule has 0 spiro atoms. The number of carbonyl (C=O) groups is 1. The van der Waals surface area contributed by atoms with Crippen LogP contribution in [0.1, 0.15) is 25.9 Å². The van der Waals surface area contributed by atoms with E-state index in [4.69, 9.17) is 4.42 Å². The van der Waals surface area contributed by atoms with Crippen LogP contribution in [-0.4, -0.2) is 17.6 Å². The van der Waals surface area contributed by atoms with Gasteiger partial charge in [-0.15, -0.1) is 22.7 Å².